The average Bonchev–Trinajstić information content (AvgIpc) is 2.27. The zero-order valence-electron chi connectivity index (χ0n) is 11.4. The highest BCUT2D eigenvalue weighted by molar-refractivity contribution is 9.09. The van der Waals surface area contributed by atoms with Gasteiger partial charge in [0.15, 0.2) is 0 Å². The van der Waals surface area contributed by atoms with Crippen LogP contribution in [-0.4, -0.2) is 4.83 Å². The van der Waals surface area contributed by atoms with Crippen molar-refractivity contribution in [3.63, 3.8) is 0 Å². The highest BCUT2D eigenvalue weighted by atomic mass is 79.9. The molecule has 0 bridgehead atoms. The molecule has 0 saturated heterocycles. The number of hydrogen-bond donors (Lipinski definition) is 0. The maximum absolute atomic E-state index is 3.84. The van der Waals surface area contributed by atoms with Crippen LogP contribution >= 0.6 is 15.9 Å². The molecule has 1 heteroatoms. The van der Waals surface area contributed by atoms with E-state index in [1.54, 1.807) is 0 Å². The molecule has 0 saturated carbocycles. The molecule has 1 unspecified atom stereocenters. The van der Waals surface area contributed by atoms with Gasteiger partial charge < -0.3 is 0 Å². The van der Waals surface area contributed by atoms with Gasteiger partial charge in [0.05, 0.1) is 0 Å². The van der Waals surface area contributed by atoms with E-state index in [2.05, 4.69) is 79.2 Å². The quantitative estimate of drug-likeness (QED) is 0.649. The Morgan fingerprint density at radius 2 is 1.67 bits per heavy atom. The zero-order valence-corrected chi connectivity index (χ0v) is 13.0. The molecule has 0 spiro atoms. The van der Waals surface area contributed by atoms with E-state index < -0.39 is 0 Å². The van der Waals surface area contributed by atoms with E-state index in [9.17, 15) is 0 Å². The Labute approximate surface area is 119 Å². The van der Waals surface area contributed by atoms with Crippen LogP contribution in [0, 0.1) is 5.41 Å². The zero-order chi connectivity index (χ0) is 13.2. The molecule has 0 radical (unpaired) electrons. The molecule has 1 atom stereocenters. The fourth-order valence-corrected chi connectivity index (χ4v) is 3.77. The summed E-state index contributed by atoms with van der Waals surface area (Å²) < 4.78 is 0. The van der Waals surface area contributed by atoms with Crippen LogP contribution in [0.3, 0.4) is 0 Å². The van der Waals surface area contributed by atoms with Gasteiger partial charge in [0.2, 0.25) is 0 Å². The van der Waals surface area contributed by atoms with Crippen LogP contribution in [0.4, 0.5) is 0 Å². The van der Waals surface area contributed by atoms with Gasteiger partial charge in [0.1, 0.15) is 0 Å². The molecule has 96 valence electrons. The molecule has 0 aliphatic rings. The van der Waals surface area contributed by atoms with Crippen molar-refractivity contribution in [2.75, 3.05) is 0 Å². The normalized spacial score (nSPS) is 13.8. The fourth-order valence-electron chi connectivity index (χ4n) is 2.45. The first-order valence-corrected chi connectivity index (χ1v) is 7.48. The van der Waals surface area contributed by atoms with Gasteiger partial charge in [-0.2, -0.15) is 0 Å². The molecule has 0 N–H and O–H groups in total. The smallest absolute Gasteiger partial charge is 0.0191 e. The summed E-state index contributed by atoms with van der Waals surface area (Å²) in [6.45, 7) is 6.89. The molecule has 0 aliphatic heterocycles. The topological polar surface area (TPSA) is 0 Å². The van der Waals surface area contributed by atoms with Crippen molar-refractivity contribution in [3.05, 3.63) is 48.0 Å². The van der Waals surface area contributed by atoms with Crippen molar-refractivity contribution >= 4 is 26.7 Å². The molecule has 2 aromatic carbocycles. The van der Waals surface area contributed by atoms with Gasteiger partial charge in [-0.05, 0) is 34.6 Å². The van der Waals surface area contributed by atoms with Crippen LogP contribution in [0.5, 0.6) is 0 Å². The van der Waals surface area contributed by atoms with E-state index >= 15 is 0 Å². The number of hydrogen-bond acceptors (Lipinski definition) is 0. The minimum atomic E-state index is 0.374. The Balaban J connectivity index is 2.21. The van der Waals surface area contributed by atoms with Gasteiger partial charge in [-0.3, -0.25) is 0 Å². The molecule has 0 heterocycles. The van der Waals surface area contributed by atoms with E-state index in [1.807, 2.05) is 0 Å². The molecule has 0 nitrogen and oxygen atoms in total. The van der Waals surface area contributed by atoms with Crippen molar-refractivity contribution in [2.24, 2.45) is 5.41 Å². The number of fused-ring (bicyclic) bond motifs is 1. The minimum absolute atomic E-state index is 0.374. The third-order valence-electron chi connectivity index (χ3n) is 3.16. The molecule has 0 amide bonds. The third kappa shape index (κ3) is 3.58. The second-order valence-electron chi connectivity index (χ2n) is 6.20. The maximum atomic E-state index is 3.84. The van der Waals surface area contributed by atoms with Crippen molar-refractivity contribution in [3.8, 4) is 0 Å². The van der Waals surface area contributed by atoms with Crippen LogP contribution < -0.4 is 0 Å². The molecular weight excluding hydrogens is 284 g/mol. The second kappa shape index (κ2) is 5.44. The summed E-state index contributed by atoms with van der Waals surface area (Å²) in [6.07, 6.45) is 2.29. The van der Waals surface area contributed by atoms with Crippen molar-refractivity contribution < 1.29 is 0 Å². The van der Waals surface area contributed by atoms with Gasteiger partial charge in [0.25, 0.3) is 0 Å². The molecular formula is C17H21Br. The van der Waals surface area contributed by atoms with E-state index in [0.29, 0.717) is 10.2 Å². The number of halogens is 1. The lowest BCUT2D eigenvalue weighted by Gasteiger charge is -2.22. The van der Waals surface area contributed by atoms with E-state index in [0.717, 1.165) is 6.42 Å². The molecule has 0 aliphatic carbocycles. The predicted octanol–water partition coefficient (Wildman–Crippen LogP) is 5.58. The van der Waals surface area contributed by atoms with Gasteiger partial charge >= 0.3 is 0 Å². The first kappa shape index (κ1) is 13.6. The van der Waals surface area contributed by atoms with Crippen molar-refractivity contribution in [1.29, 1.82) is 0 Å². The minimum Gasteiger partial charge on any atom is -0.0887 e. The Kier molecular flexibility index (Phi) is 4.11. The SMILES string of the molecule is CC(C)(C)CC(Br)Cc1cccc2ccccc12. The highest BCUT2D eigenvalue weighted by Crippen LogP contribution is 2.28. The lowest BCUT2D eigenvalue weighted by atomic mass is 9.88. The first-order valence-electron chi connectivity index (χ1n) is 6.56. The Hall–Kier alpha value is -0.820. The predicted molar refractivity (Wildman–Crippen MR) is 84.4 cm³/mol. The Bertz CT molecular complexity index is 517. The Morgan fingerprint density at radius 3 is 2.39 bits per heavy atom. The van der Waals surface area contributed by atoms with Crippen molar-refractivity contribution in [1.82, 2.24) is 0 Å². The van der Waals surface area contributed by atoms with E-state index in [1.165, 1.54) is 22.8 Å². The number of benzene rings is 2. The van der Waals surface area contributed by atoms with Gasteiger partial charge in [0, 0.05) is 4.83 Å². The van der Waals surface area contributed by atoms with E-state index in [4.69, 9.17) is 0 Å². The Morgan fingerprint density at radius 1 is 1.00 bits per heavy atom. The summed E-state index contributed by atoms with van der Waals surface area (Å²) in [4.78, 5) is 0.545. The largest absolute Gasteiger partial charge is 0.0887 e. The summed E-state index contributed by atoms with van der Waals surface area (Å²) in [6, 6.07) is 15.2. The molecule has 2 aromatic rings. The summed E-state index contributed by atoms with van der Waals surface area (Å²) in [5.41, 5.74) is 1.82. The monoisotopic (exact) mass is 304 g/mol. The molecule has 0 fully saturated rings. The van der Waals surface area contributed by atoms with Gasteiger partial charge in [-0.1, -0.05) is 79.2 Å². The third-order valence-corrected chi connectivity index (χ3v) is 3.80. The molecule has 0 aromatic heterocycles. The molecule has 18 heavy (non-hydrogen) atoms. The first-order chi connectivity index (χ1) is 8.46. The molecule has 2 rings (SSSR count). The van der Waals surface area contributed by atoms with Gasteiger partial charge in [-0.25, -0.2) is 0 Å². The summed E-state index contributed by atoms with van der Waals surface area (Å²) in [7, 11) is 0. The fraction of sp³-hybridized carbons (Fsp3) is 0.412. The highest BCUT2D eigenvalue weighted by Gasteiger charge is 2.17. The lowest BCUT2D eigenvalue weighted by Crippen LogP contribution is -2.14. The maximum Gasteiger partial charge on any atom is 0.0191 e. The number of alkyl halides is 1. The summed E-state index contributed by atoms with van der Waals surface area (Å²) >= 11 is 3.84. The summed E-state index contributed by atoms with van der Waals surface area (Å²) in [5, 5.41) is 2.73. The standard InChI is InChI=1S/C17H21Br/c1-17(2,3)12-15(18)11-14-9-6-8-13-7-4-5-10-16(13)14/h4-10,15H,11-12H2,1-3H3. The average molecular weight is 305 g/mol. The summed E-state index contributed by atoms with van der Waals surface area (Å²) in [5.74, 6) is 0. The lowest BCUT2D eigenvalue weighted by molar-refractivity contribution is 0.374. The van der Waals surface area contributed by atoms with E-state index in [-0.39, 0.29) is 0 Å². The number of rotatable bonds is 3. The second-order valence-corrected chi connectivity index (χ2v) is 7.50. The van der Waals surface area contributed by atoms with Crippen molar-refractivity contribution in [2.45, 2.75) is 38.4 Å². The van der Waals surface area contributed by atoms with Gasteiger partial charge in [-0.15, -0.1) is 0 Å². The van der Waals surface area contributed by atoms with Crippen LogP contribution in [0.25, 0.3) is 10.8 Å². The van der Waals surface area contributed by atoms with Crippen LogP contribution in [0.15, 0.2) is 42.5 Å². The van der Waals surface area contributed by atoms with Crippen LogP contribution in [0.2, 0.25) is 0 Å². The van der Waals surface area contributed by atoms with Crippen LogP contribution in [-0.2, 0) is 6.42 Å². The van der Waals surface area contributed by atoms with Crippen LogP contribution in [0.1, 0.15) is 32.8 Å².